The van der Waals surface area contributed by atoms with Crippen LogP contribution in [0.3, 0.4) is 0 Å². The van der Waals surface area contributed by atoms with Gasteiger partial charge in [0.15, 0.2) is 0 Å². The fourth-order valence-electron chi connectivity index (χ4n) is 3.16. The maximum absolute atomic E-state index is 10.5. The third-order valence-electron chi connectivity index (χ3n) is 4.85. The second-order valence-electron chi connectivity index (χ2n) is 6.23. The summed E-state index contributed by atoms with van der Waals surface area (Å²) in [4.78, 5) is 2.56. The molecule has 0 aliphatic heterocycles. The van der Waals surface area contributed by atoms with Crippen molar-refractivity contribution in [1.29, 1.82) is 0 Å². The lowest BCUT2D eigenvalue weighted by atomic mass is 10.00. The van der Waals surface area contributed by atoms with Crippen LogP contribution in [-0.4, -0.2) is 5.11 Å². The summed E-state index contributed by atoms with van der Waals surface area (Å²) in [5.41, 5.74) is 1.63. The molecule has 1 aliphatic rings. The Bertz CT molecular complexity index is 400. The first-order chi connectivity index (χ1) is 7.19. The zero-order chi connectivity index (χ0) is 12.3. The van der Waals surface area contributed by atoms with E-state index in [-0.39, 0.29) is 16.9 Å². The molecule has 1 heterocycles. The maximum atomic E-state index is 10.5. The van der Waals surface area contributed by atoms with Gasteiger partial charge in [0.2, 0.25) is 0 Å². The van der Waals surface area contributed by atoms with Gasteiger partial charge in [0.25, 0.3) is 0 Å². The Balaban J connectivity index is 2.29. The molecule has 1 fully saturated rings. The minimum absolute atomic E-state index is 0.245. The van der Waals surface area contributed by atoms with E-state index in [4.69, 9.17) is 0 Å². The van der Waals surface area contributed by atoms with Gasteiger partial charge < -0.3 is 5.11 Å². The number of aliphatic hydroxyl groups excluding tert-OH is 1. The molecule has 90 valence electrons. The number of rotatable bonds is 2. The average Bonchev–Trinajstić information content (AvgIpc) is 2.37. The normalized spacial score (nSPS) is 24.4. The van der Waals surface area contributed by atoms with Crippen molar-refractivity contribution in [2.45, 2.75) is 47.6 Å². The van der Waals surface area contributed by atoms with E-state index < -0.39 is 0 Å². The molecule has 1 unspecified atom stereocenters. The van der Waals surface area contributed by atoms with Crippen molar-refractivity contribution in [2.75, 3.05) is 0 Å². The van der Waals surface area contributed by atoms with Crippen LogP contribution in [0.15, 0.2) is 6.07 Å². The molecule has 1 aromatic heterocycles. The second kappa shape index (κ2) is 3.33. The predicted octanol–water partition coefficient (Wildman–Crippen LogP) is 4.08. The lowest BCUT2D eigenvalue weighted by molar-refractivity contribution is 0.130. The van der Waals surface area contributed by atoms with Gasteiger partial charge in [-0.25, -0.2) is 0 Å². The van der Waals surface area contributed by atoms with E-state index in [1.807, 2.05) is 0 Å². The molecule has 0 radical (unpaired) electrons. The third kappa shape index (κ3) is 1.46. The highest BCUT2D eigenvalue weighted by molar-refractivity contribution is 7.12. The Morgan fingerprint density at radius 3 is 2.00 bits per heavy atom. The molecule has 0 amide bonds. The zero-order valence-corrected chi connectivity index (χ0v) is 11.9. The summed E-state index contributed by atoms with van der Waals surface area (Å²) in [7, 11) is 0. The Labute approximate surface area is 103 Å². The van der Waals surface area contributed by atoms with Crippen molar-refractivity contribution in [3.8, 4) is 0 Å². The summed E-state index contributed by atoms with van der Waals surface area (Å²) in [5, 5.41) is 10.5. The van der Waals surface area contributed by atoms with Crippen LogP contribution in [0.25, 0.3) is 0 Å². The topological polar surface area (TPSA) is 20.2 Å². The highest BCUT2D eigenvalue weighted by atomic mass is 32.1. The monoisotopic (exact) mass is 238 g/mol. The minimum atomic E-state index is -0.296. The molecular weight excluding hydrogens is 216 g/mol. The summed E-state index contributed by atoms with van der Waals surface area (Å²) in [5.74, 6) is 0.382. The van der Waals surface area contributed by atoms with E-state index in [2.05, 4.69) is 47.6 Å². The number of aryl methyl sites for hydroxylation is 2. The molecule has 2 rings (SSSR count). The SMILES string of the molecule is Cc1cc(C(O)C2C(C)(C)C2(C)C)c(C)s1. The lowest BCUT2D eigenvalue weighted by Gasteiger charge is -2.12. The summed E-state index contributed by atoms with van der Waals surface area (Å²) in [6.07, 6.45) is -0.296. The minimum Gasteiger partial charge on any atom is -0.388 e. The summed E-state index contributed by atoms with van der Waals surface area (Å²) >= 11 is 1.78. The molecule has 2 heteroatoms. The van der Waals surface area contributed by atoms with E-state index in [9.17, 15) is 5.11 Å². The Morgan fingerprint density at radius 2 is 1.69 bits per heavy atom. The van der Waals surface area contributed by atoms with Gasteiger partial charge in [-0.05, 0) is 36.3 Å². The molecule has 0 spiro atoms. The highest BCUT2D eigenvalue weighted by Crippen LogP contribution is 2.72. The summed E-state index contributed by atoms with van der Waals surface area (Å²) in [6, 6.07) is 2.15. The standard InChI is InChI=1S/C14H22OS/c1-8-7-10(9(2)16-8)11(15)12-13(3,4)14(12,5)6/h7,11-12,15H,1-6H3. The first-order valence-electron chi connectivity index (χ1n) is 5.94. The van der Waals surface area contributed by atoms with Gasteiger partial charge in [-0.15, -0.1) is 11.3 Å². The van der Waals surface area contributed by atoms with Crippen molar-refractivity contribution in [3.63, 3.8) is 0 Å². The highest BCUT2D eigenvalue weighted by Gasteiger charge is 2.67. The van der Waals surface area contributed by atoms with E-state index in [0.29, 0.717) is 5.92 Å². The molecular formula is C14H22OS. The van der Waals surface area contributed by atoms with E-state index in [1.165, 1.54) is 9.75 Å². The van der Waals surface area contributed by atoms with Gasteiger partial charge in [-0.2, -0.15) is 0 Å². The van der Waals surface area contributed by atoms with Gasteiger partial charge in [-0.3, -0.25) is 0 Å². The largest absolute Gasteiger partial charge is 0.388 e. The predicted molar refractivity (Wildman–Crippen MR) is 69.8 cm³/mol. The van der Waals surface area contributed by atoms with Crippen LogP contribution < -0.4 is 0 Å². The van der Waals surface area contributed by atoms with Crippen LogP contribution in [-0.2, 0) is 0 Å². The van der Waals surface area contributed by atoms with Gasteiger partial charge in [0.05, 0.1) is 6.10 Å². The summed E-state index contributed by atoms with van der Waals surface area (Å²) in [6.45, 7) is 13.3. The van der Waals surface area contributed by atoms with Gasteiger partial charge in [0, 0.05) is 15.7 Å². The number of thiophene rings is 1. The molecule has 0 saturated heterocycles. The molecule has 16 heavy (non-hydrogen) atoms. The second-order valence-corrected chi connectivity index (χ2v) is 7.69. The third-order valence-corrected chi connectivity index (χ3v) is 5.83. The number of hydrogen-bond donors (Lipinski definition) is 1. The van der Waals surface area contributed by atoms with Crippen LogP contribution >= 0.6 is 11.3 Å². The Morgan fingerprint density at radius 1 is 1.19 bits per heavy atom. The van der Waals surface area contributed by atoms with Gasteiger partial charge in [0.1, 0.15) is 0 Å². The van der Waals surface area contributed by atoms with Crippen molar-refractivity contribution in [1.82, 2.24) is 0 Å². The van der Waals surface area contributed by atoms with E-state index in [1.54, 1.807) is 11.3 Å². The summed E-state index contributed by atoms with van der Waals surface area (Å²) < 4.78 is 0. The molecule has 1 saturated carbocycles. The zero-order valence-electron chi connectivity index (χ0n) is 11.1. The van der Waals surface area contributed by atoms with Gasteiger partial charge in [-0.1, -0.05) is 27.7 Å². The van der Waals surface area contributed by atoms with Crippen LogP contribution in [0, 0.1) is 30.6 Å². The Hall–Kier alpha value is -0.340. The lowest BCUT2D eigenvalue weighted by Crippen LogP contribution is -2.05. The van der Waals surface area contributed by atoms with Crippen molar-refractivity contribution < 1.29 is 5.11 Å². The number of aliphatic hydroxyl groups is 1. The molecule has 1 aliphatic carbocycles. The first-order valence-corrected chi connectivity index (χ1v) is 6.76. The van der Waals surface area contributed by atoms with Crippen molar-refractivity contribution >= 4 is 11.3 Å². The fraction of sp³-hybridized carbons (Fsp3) is 0.714. The van der Waals surface area contributed by atoms with Gasteiger partial charge >= 0.3 is 0 Å². The number of hydrogen-bond acceptors (Lipinski definition) is 2. The smallest absolute Gasteiger partial charge is 0.0839 e. The van der Waals surface area contributed by atoms with Crippen LogP contribution in [0.4, 0.5) is 0 Å². The Kier molecular flexibility index (Phi) is 2.52. The quantitative estimate of drug-likeness (QED) is 0.823. The molecule has 1 aromatic rings. The molecule has 1 nitrogen and oxygen atoms in total. The fourth-order valence-corrected chi connectivity index (χ4v) is 4.13. The molecule has 0 bridgehead atoms. The maximum Gasteiger partial charge on any atom is 0.0839 e. The van der Waals surface area contributed by atoms with Crippen molar-refractivity contribution in [2.24, 2.45) is 16.7 Å². The van der Waals surface area contributed by atoms with Crippen molar-refractivity contribution in [3.05, 3.63) is 21.4 Å². The molecule has 1 atom stereocenters. The van der Waals surface area contributed by atoms with E-state index >= 15 is 0 Å². The van der Waals surface area contributed by atoms with Crippen LogP contribution in [0.2, 0.25) is 0 Å². The van der Waals surface area contributed by atoms with E-state index in [0.717, 1.165) is 5.56 Å². The molecule has 1 N–H and O–H groups in total. The van der Waals surface area contributed by atoms with Crippen LogP contribution in [0.5, 0.6) is 0 Å². The average molecular weight is 238 g/mol. The van der Waals surface area contributed by atoms with Crippen LogP contribution in [0.1, 0.15) is 49.1 Å². The first kappa shape index (κ1) is 12.1. The molecule has 0 aromatic carbocycles.